The Bertz CT molecular complexity index is 649. The lowest BCUT2D eigenvalue weighted by Gasteiger charge is -2.11. The molecule has 0 saturated carbocycles. The predicted octanol–water partition coefficient (Wildman–Crippen LogP) is 3.13. The van der Waals surface area contributed by atoms with Crippen LogP contribution in [0.15, 0.2) is 42.5 Å². The molecule has 2 aromatic rings. The third-order valence-corrected chi connectivity index (χ3v) is 3.19. The highest BCUT2D eigenvalue weighted by molar-refractivity contribution is 5.78. The van der Waals surface area contributed by atoms with Gasteiger partial charge in [-0.1, -0.05) is 30.3 Å². The third kappa shape index (κ3) is 3.16. The zero-order valence-electron chi connectivity index (χ0n) is 11.8. The van der Waals surface area contributed by atoms with E-state index < -0.39 is 0 Å². The van der Waals surface area contributed by atoms with E-state index >= 15 is 0 Å². The summed E-state index contributed by atoms with van der Waals surface area (Å²) in [6.07, 6.45) is 0.359. The molecule has 0 N–H and O–H groups in total. The van der Waals surface area contributed by atoms with Gasteiger partial charge in [-0.3, -0.25) is 4.79 Å². The van der Waals surface area contributed by atoms with Gasteiger partial charge >= 0.3 is 0 Å². The fourth-order valence-corrected chi connectivity index (χ4v) is 2.26. The first-order valence-corrected chi connectivity index (χ1v) is 6.81. The molecule has 0 spiro atoms. The molecule has 0 saturated heterocycles. The van der Waals surface area contributed by atoms with Gasteiger partial charge in [0, 0.05) is 6.42 Å². The summed E-state index contributed by atoms with van der Waals surface area (Å²) >= 11 is 0. The first-order valence-electron chi connectivity index (χ1n) is 6.81. The maximum Gasteiger partial charge on any atom is 0.231 e. The third-order valence-electron chi connectivity index (χ3n) is 3.19. The van der Waals surface area contributed by atoms with Crippen molar-refractivity contribution in [3.05, 3.63) is 53.6 Å². The number of hydrogen-bond acceptors (Lipinski definition) is 4. The zero-order chi connectivity index (χ0) is 14.7. The summed E-state index contributed by atoms with van der Waals surface area (Å²) in [4.78, 5) is 11.3. The Morgan fingerprint density at radius 3 is 2.71 bits per heavy atom. The highest BCUT2D eigenvalue weighted by Crippen LogP contribution is 2.42. The number of fused-ring (bicyclic) bond motifs is 1. The van der Waals surface area contributed by atoms with E-state index in [2.05, 4.69) is 0 Å². The normalized spacial score (nSPS) is 12.2. The van der Waals surface area contributed by atoms with Crippen LogP contribution in [0, 0.1) is 0 Å². The van der Waals surface area contributed by atoms with Crippen molar-refractivity contribution in [1.29, 1.82) is 0 Å². The molecule has 1 aliphatic heterocycles. The van der Waals surface area contributed by atoms with Gasteiger partial charge in [0.25, 0.3) is 0 Å². The van der Waals surface area contributed by atoms with Gasteiger partial charge in [0.2, 0.25) is 12.5 Å². The Hall–Kier alpha value is -2.49. The molecular formula is C17H16O4. The molecule has 1 heterocycles. The molecule has 0 aromatic heterocycles. The first kappa shape index (κ1) is 13.5. The second-order valence-electron chi connectivity index (χ2n) is 4.98. The van der Waals surface area contributed by atoms with Crippen LogP contribution < -0.4 is 14.2 Å². The number of ether oxygens (including phenoxy) is 3. The molecule has 0 amide bonds. The summed E-state index contributed by atoms with van der Waals surface area (Å²) in [6, 6.07) is 13.6. The topological polar surface area (TPSA) is 44.8 Å². The van der Waals surface area contributed by atoms with Crippen molar-refractivity contribution in [2.24, 2.45) is 0 Å². The highest BCUT2D eigenvalue weighted by Gasteiger charge is 2.21. The molecule has 108 valence electrons. The Morgan fingerprint density at radius 2 is 1.95 bits per heavy atom. The molecule has 0 bridgehead atoms. The monoisotopic (exact) mass is 284 g/mol. The van der Waals surface area contributed by atoms with Crippen molar-refractivity contribution in [1.82, 2.24) is 0 Å². The average molecular weight is 284 g/mol. The quantitative estimate of drug-likeness (QED) is 0.846. The van der Waals surface area contributed by atoms with E-state index in [1.54, 1.807) is 6.92 Å². The van der Waals surface area contributed by atoms with Crippen molar-refractivity contribution >= 4 is 5.78 Å². The maximum absolute atomic E-state index is 11.3. The minimum Gasteiger partial charge on any atom is -0.485 e. The molecule has 0 aliphatic carbocycles. The number of benzene rings is 2. The molecule has 3 rings (SSSR count). The molecule has 21 heavy (non-hydrogen) atoms. The molecule has 4 nitrogen and oxygen atoms in total. The van der Waals surface area contributed by atoms with Gasteiger partial charge in [-0.2, -0.15) is 0 Å². The molecule has 0 radical (unpaired) electrons. The van der Waals surface area contributed by atoms with Crippen LogP contribution in [-0.4, -0.2) is 12.6 Å². The second-order valence-corrected chi connectivity index (χ2v) is 4.98. The molecule has 0 atom stereocenters. The van der Waals surface area contributed by atoms with Crippen LogP contribution in [0.1, 0.15) is 18.1 Å². The van der Waals surface area contributed by atoms with E-state index in [0.29, 0.717) is 30.3 Å². The van der Waals surface area contributed by atoms with E-state index in [0.717, 1.165) is 11.1 Å². The minimum atomic E-state index is 0.0999. The van der Waals surface area contributed by atoms with Crippen LogP contribution in [0.2, 0.25) is 0 Å². The SMILES string of the molecule is CC(=O)Cc1cc2c(c(OCc3ccccc3)c1)OCO2. The smallest absolute Gasteiger partial charge is 0.231 e. The van der Waals surface area contributed by atoms with Gasteiger partial charge in [0.1, 0.15) is 12.4 Å². The largest absolute Gasteiger partial charge is 0.485 e. The summed E-state index contributed by atoms with van der Waals surface area (Å²) in [6.45, 7) is 2.19. The second kappa shape index (κ2) is 5.87. The van der Waals surface area contributed by atoms with Gasteiger partial charge in [0.05, 0.1) is 0 Å². The fraction of sp³-hybridized carbons (Fsp3) is 0.235. The number of rotatable bonds is 5. The summed E-state index contributed by atoms with van der Waals surface area (Å²) < 4.78 is 16.7. The molecule has 0 unspecified atom stereocenters. The molecule has 2 aromatic carbocycles. The van der Waals surface area contributed by atoms with Gasteiger partial charge < -0.3 is 14.2 Å². The van der Waals surface area contributed by atoms with Crippen molar-refractivity contribution in [2.75, 3.05) is 6.79 Å². The maximum atomic E-state index is 11.3. The van der Waals surface area contributed by atoms with Crippen LogP contribution in [0.25, 0.3) is 0 Å². The number of ketones is 1. The van der Waals surface area contributed by atoms with E-state index in [4.69, 9.17) is 14.2 Å². The molecule has 0 fully saturated rings. The Morgan fingerprint density at radius 1 is 1.14 bits per heavy atom. The van der Waals surface area contributed by atoms with Crippen molar-refractivity contribution in [2.45, 2.75) is 20.0 Å². The highest BCUT2D eigenvalue weighted by atomic mass is 16.7. The zero-order valence-corrected chi connectivity index (χ0v) is 11.8. The summed E-state index contributed by atoms with van der Waals surface area (Å²) in [5, 5.41) is 0. The number of Topliss-reactive ketones (excluding diaryl/α,β-unsaturated/α-hetero) is 1. The number of hydrogen-bond donors (Lipinski definition) is 0. The van der Waals surface area contributed by atoms with Gasteiger partial charge in [-0.05, 0) is 30.2 Å². The van der Waals surface area contributed by atoms with E-state index in [1.165, 1.54) is 0 Å². The van der Waals surface area contributed by atoms with Gasteiger partial charge in [-0.25, -0.2) is 0 Å². The molecule has 4 heteroatoms. The summed E-state index contributed by atoms with van der Waals surface area (Å²) in [7, 11) is 0. The Kier molecular flexibility index (Phi) is 3.77. The number of carbonyl (C=O) groups is 1. The van der Waals surface area contributed by atoms with Crippen LogP contribution in [0.5, 0.6) is 17.2 Å². The van der Waals surface area contributed by atoms with E-state index in [9.17, 15) is 4.79 Å². The van der Waals surface area contributed by atoms with Crippen molar-refractivity contribution < 1.29 is 19.0 Å². The summed E-state index contributed by atoms with van der Waals surface area (Å²) in [5.41, 5.74) is 1.94. The van der Waals surface area contributed by atoms with Crippen molar-refractivity contribution in [3.63, 3.8) is 0 Å². The lowest BCUT2D eigenvalue weighted by molar-refractivity contribution is -0.116. The Labute approximate surface area is 123 Å². The van der Waals surface area contributed by atoms with E-state index in [-0.39, 0.29) is 12.6 Å². The first-order chi connectivity index (χ1) is 10.2. The van der Waals surface area contributed by atoms with Crippen LogP contribution in [0.4, 0.5) is 0 Å². The lowest BCUT2D eigenvalue weighted by atomic mass is 10.1. The van der Waals surface area contributed by atoms with Crippen molar-refractivity contribution in [3.8, 4) is 17.2 Å². The summed E-state index contributed by atoms with van der Waals surface area (Å²) in [5.74, 6) is 1.96. The van der Waals surface area contributed by atoms with Crippen LogP contribution >= 0.6 is 0 Å². The number of carbonyl (C=O) groups excluding carboxylic acids is 1. The van der Waals surface area contributed by atoms with Crippen LogP contribution in [0.3, 0.4) is 0 Å². The Balaban J connectivity index is 1.83. The van der Waals surface area contributed by atoms with Gasteiger partial charge in [0.15, 0.2) is 11.5 Å². The molecule has 1 aliphatic rings. The minimum absolute atomic E-state index is 0.0999. The fourth-order valence-electron chi connectivity index (χ4n) is 2.26. The van der Waals surface area contributed by atoms with Gasteiger partial charge in [-0.15, -0.1) is 0 Å². The average Bonchev–Trinajstić information content (AvgIpc) is 2.93. The predicted molar refractivity (Wildman–Crippen MR) is 77.7 cm³/mol. The standard InChI is InChI=1S/C17H16O4/c1-12(18)7-14-8-15(17-16(9-14)20-11-21-17)19-10-13-5-3-2-4-6-13/h2-6,8-9H,7,10-11H2,1H3. The van der Waals surface area contributed by atoms with Crippen LogP contribution in [-0.2, 0) is 17.8 Å². The lowest BCUT2D eigenvalue weighted by Crippen LogP contribution is -2.00. The van der Waals surface area contributed by atoms with E-state index in [1.807, 2.05) is 42.5 Å². The molecular weight excluding hydrogens is 268 g/mol.